The maximum Gasteiger partial charge on any atom is 1.00 e. The number of carbonyl (C=O) groups is 1. The molecule has 20 heavy (non-hydrogen) atoms. The molecule has 0 spiro atoms. The van der Waals surface area contributed by atoms with Crippen LogP contribution in [-0.2, 0) is 4.74 Å². The van der Waals surface area contributed by atoms with E-state index < -0.39 is 24.7 Å². The molecule has 0 heterocycles. The van der Waals surface area contributed by atoms with Gasteiger partial charge in [0.15, 0.2) is 5.92 Å². The van der Waals surface area contributed by atoms with Gasteiger partial charge >= 0.3 is 35.5 Å². The molecule has 0 saturated carbocycles. The second-order valence-electron chi connectivity index (χ2n) is 3.92. The summed E-state index contributed by atoms with van der Waals surface area (Å²) in [5, 5.41) is 0. The third kappa shape index (κ3) is 6.72. The van der Waals surface area contributed by atoms with E-state index in [1.807, 2.05) is 0 Å². The second-order valence-corrected chi connectivity index (χ2v) is 3.92. The molecule has 0 aliphatic rings. The Morgan fingerprint density at radius 2 is 1.75 bits per heavy atom. The first-order chi connectivity index (χ1) is 8.93. The number of unbranched alkanes of at least 4 members (excludes halogenated alkanes) is 1. The smallest absolute Gasteiger partial charge is 0.462 e. The Balaban J connectivity index is 0.00000361. The van der Waals surface area contributed by atoms with Crippen molar-refractivity contribution in [1.29, 1.82) is 0 Å². The zero-order valence-corrected chi connectivity index (χ0v) is 13.0. The monoisotopic (exact) mass is 300 g/mol. The fourth-order valence-corrected chi connectivity index (χ4v) is 1.37. The molecule has 0 aromatic heterocycles. The Labute approximate surface area is 136 Å². The molecule has 0 fully saturated rings. The number of rotatable bonds is 7. The third-order valence-electron chi connectivity index (χ3n) is 2.40. The molecule has 106 valence electrons. The Hall–Kier alpha value is -0.590. The van der Waals surface area contributed by atoms with Crippen LogP contribution in [0.1, 0.15) is 29.6 Å². The summed E-state index contributed by atoms with van der Waals surface area (Å²) in [5.74, 6) is -4.61. The first-order valence-electron chi connectivity index (χ1n) is 5.72. The average Bonchev–Trinajstić information content (AvgIpc) is 2.38. The van der Waals surface area contributed by atoms with E-state index in [1.165, 1.54) is 0 Å². The van der Waals surface area contributed by atoms with E-state index >= 15 is 0 Å². The second kappa shape index (κ2) is 9.37. The molecule has 2 nitrogen and oxygen atoms in total. The Morgan fingerprint density at radius 1 is 1.15 bits per heavy atom. The minimum atomic E-state index is -4.05. The van der Waals surface area contributed by atoms with Gasteiger partial charge in [-0.05, 0) is 31.4 Å². The topological polar surface area (TPSA) is 26.3 Å². The van der Waals surface area contributed by atoms with Crippen LogP contribution >= 0.6 is 0 Å². The maximum atomic E-state index is 12.5. The van der Waals surface area contributed by atoms with Crippen LogP contribution in [0.15, 0.2) is 30.3 Å². The average molecular weight is 300 g/mol. The van der Waals surface area contributed by atoms with Crippen molar-refractivity contribution in [2.24, 2.45) is 0 Å². The number of hydrogen-bond donors (Lipinski definition) is 0. The predicted octanol–water partition coefficient (Wildman–Crippen LogP) is 1.08. The fraction of sp³-hybridized carbons (Fsp3) is 0.385. The summed E-state index contributed by atoms with van der Waals surface area (Å²) in [6.45, 7) is -0.0717. The Bertz CT molecular complexity index is 399. The van der Waals surface area contributed by atoms with Gasteiger partial charge in [0.05, 0.1) is 18.6 Å². The van der Waals surface area contributed by atoms with Crippen LogP contribution < -0.4 is 29.6 Å². The van der Waals surface area contributed by atoms with Crippen LogP contribution in [0.5, 0.6) is 0 Å². The first-order valence-corrected chi connectivity index (χ1v) is 5.72. The van der Waals surface area contributed by atoms with Gasteiger partial charge in [0.25, 0.3) is 0 Å². The van der Waals surface area contributed by atoms with E-state index in [-0.39, 0.29) is 49.0 Å². The van der Waals surface area contributed by atoms with Crippen LogP contribution in [0.3, 0.4) is 0 Å². The van der Waals surface area contributed by atoms with Gasteiger partial charge in [0.2, 0.25) is 0 Å². The summed E-state index contributed by atoms with van der Waals surface area (Å²) >= 11 is 0. The molecule has 0 amide bonds. The number of hydrogen-bond acceptors (Lipinski definition) is 2. The largest absolute Gasteiger partial charge is 1.00 e. The van der Waals surface area contributed by atoms with Gasteiger partial charge in [0, 0.05) is 0 Å². The predicted molar refractivity (Wildman–Crippen MR) is 61.0 cm³/mol. The van der Waals surface area contributed by atoms with Gasteiger partial charge in [-0.3, -0.25) is 0 Å². The number of benzene rings is 1. The van der Waals surface area contributed by atoms with Crippen molar-refractivity contribution in [1.82, 2.24) is 0 Å². The van der Waals surface area contributed by atoms with Crippen molar-refractivity contribution in [3.8, 4) is 0 Å². The molecular weight excluding hydrogens is 287 g/mol. The summed E-state index contributed by atoms with van der Waals surface area (Å²) in [6, 6.07) is 8.18. The van der Waals surface area contributed by atoms with Gasteiger partial charge in [-0.15, -0.1) is 0 Å². The molecule has 0 atom stereocenters. The summed E-state index contributed by atoms with van der Waals surface area (Å²) in [5.41, 5.74) is 0.357. The van der Waals surface area contributed by atoms with Crippen LogP contribution in [0.2, 0.25) is 0 Å². The van der Waals surface area contributed by atoms with Gasteiger partial charge in [0.1, 0.15) is 0 Å². The molecule has 1 aromatic rings. The molecule has 0 radical (unpaired) electrons. The molecule has 0 bridgehead atoms. The summed E-state index contributed by atoms with van der Waals surface area (Å²) in [4.78, 5) is 11.4. The molecule has 0 aliphatic heterocycles. The molecular formula is C13H13F4NaO2. The van der Waals surface area contributed by atoms with Crippen LogP contribution in [0, 0.1) is 6.43 Å². The van der Waals surface area contributed by atoms with Crippen LogP contribution in [0.25, 0.3) is 0 Å². The molecule has 1 rings (SSSR count). The van der Waals surface area contributed by atoms with E-state index in [4.69, 9.17) is 4.74 Å². The van der Waals surface area contributed by atoms with Crippen molar-refractivity contribution >= 4 is 5.97 Å². The van der Waals surface area contributed by atoms with E-state index in [1.54, 1.807) is 30.3 Å². The van der Waals surface area contributed by atoms with Crippen molar-refractivity contribution in [3.05, 3.63) is 42.3 Å². The third-order valence-corrected chi connectivity index (χ3v) is 2.40. The van der Waals surface area contributed by atoms with Crippen LogP contribution in [-0.4, -0.2) is 18.5 Å². The van der Waals surface area contributed by atoms with Crippen molar-refractivity contribution < 1.29 is 56.7 Å². The molecule has 0 saturated heterocycles. The number of halogens is 4. The van der Waals surface area contributed by atoms with Gasteiger partial charge in [-0.2, -0.15) is 0 Å². The number of alkyl halides is 2. The quantitative estimate of drug-likeness (QED) is 0.248. The Morgan fingerprint density at radius 3 is 2.30 bits per heavy atom. The molecule has 0 unspecified atom stereocenters. The number of ether oxygens (including phenoxy) is 1. The SMILES string of the molecule is O=C(OCCCCC(F)(F)[C-](F)F)c1ccccc1.[Na+]. The Kier molecular flexibility index (Phi) is 9.09. The normalized spacial score (nSPS) is 11.1. The molecule has 0 N–H and O–H groups in total. The van der Waals surface area contributed by atoms with E-state index in [0.717, 1.165) is 0 Å². The molecule has 1 aromatic carbocycles. The zero-order chi connectivity index (χ0) is 14.3. The van der Waals surface area contributed by atoms with E-state index in [0.29, 0.717) is 5.56 Å². The van der Waals surface area contributed by atoms with Gasteiger partial charge in [-0.25, -0.2) is 13.6 Å². The van der Waals surface area contributed by atoms with Gasteiger partial charge in [-0.1, -0.05) is 18.2 Å². The molecule has 0 aliphatic carbocycles. The summed E-state index contributed by atoms with van der Waals surface area (Å²) < 4.78 is 53.3. The van der Waals surface area contributed by atoms with E-state index in [2.05, 4.69) is 0 Å². The minimum absolute atomic E-state index is 0. The van der Waals surface area contributed by atoms with Gasteiger partial charge < -0.3 is 13.5 Å². The van der Waals surface area contributed by atoms with Crippen molar-refractivity contribution in [2.75, 3.05) is 6.61 Å². The zero-order valence-electron chi connectivity index (χ0n) is 11.0. The first kappa shape index (κ1) is 19.4. The van der Waals surface area contributed by atoms with Crippen LogP contribution in [0.4, 0.5) is 17.6 Å². The number of esters is 1. The summed E-state index contributed by atoms with van der Waals surface area (Å²) in [6.07, 6.45) is -3.86. The fourth-order valence-electron chi connectivity index (χ4n) is 1.37. The summed E-state index contributed by atoms with van der Waals surface area (Å²) in [7, 11) is 0. The van der Waals surface area contributed by atoms with Crippen molar-refractivity contribution in [2.45, 2.75) is 25.2 Å². The minimum Gasteiger partial charge on any atom is -0.462 e. The van der Waals surface area contributed by atoms with E-state index in [9.17, 15) is 22.4 Å². The standard InChI is InChI=1S/C13H13F4O2.Na/c14-12(15)13(16,17)8-4-5-9-19-11(18)10-6-2-1-3-7-10;/h1-3,6-7H,4-5,8-9H2;/q-1;+1. The molecule has 7 heteroatoms. The maximum absolute atomic E-state index is 12.5. The number of carbonyl (C=O) groups excluding carboxylic acids is 1. The van der Waals surface area contributed by atoms with Crippen molar-refractivity contribution in [3.63, 3.8) is 0 Å².